The summed E-state index contributed by atoms with van der Waals surface area (Å²) in [7, 11) is 0. The highest BCUT2D eigenvalue weighted by molar-refractivity contribution is 5.57. The summed E-state index contributed by atoms with van der Waals surface area (Å²) >= 11 is 0. The Morgan fingerprint density at radius 2 is 2.06 bits per heavy atom. The van der Waals surface area contributed by atoms with Gasteiger partial charge in [0.25, 0.3) is 0 Å². The molecule has 17 heavy (non-hydrogen) atoms. The molecule has 88 valence electrons. The zero-order valence-corrected chi connectivity index (χ0v) is 10.1. The predicted molar refractivity (Wildman–Crippen MR) is 68.9 cm³/mol. The SMILES string of the molecule is Cc1cncc(COc2cccc(C)c2N)c1. The van der Waals surface area contributed by atoms with Crippen molar-refractivity contribution < 1.29 is 4.74 Å². The van der Waals surface area contributed by atoms with Gasteiger partial charge in [-0.1, -0.05) is 12.1 Å². The number of aromatic nitrogens is 1. The van der Waals surface area contributed by atoms with Crippen LogP contribution in [0.4, 0.5) is 5.69 Å². The Hall–Kier alpha value is -2.03. The lowest BCUT2D eigenvalue weighted by atomic mass is 10.2. The highest BCUT2D eigenvalue weighted by atomic mass is 16.5. The molecular formula is C14H16N2O. The smallest absolute Gasteiger partial charge is 0.142 e. The number of benzene rings is 1. The maximum atomic E-state index is 5.94. The zero-order valence-electron chi connectivity index (χ0n) is 10.1. The van der Waals surface area contributed by atoms with Crippen LogP contribution in [0.25, 0.3) is 0 Å². The first-order chi connectivity index (χ1) is 8.16. The molecule has 0 saturated carbocycles. The highest BCUT2D eigenvalue weighted by Crippen LogP contribution is 2.25. The average Bonchev–Trinajstić information content (AvgIpc) is 2.31. The van der Waals surface area contributed by atoms with E-state index < -0.39 is 0 Å². The van der Waals surface area contributed by atoms with Crippen LogP contribution in [0.15, 0.2) is 36.7 Å². The van der Waals surface area contributed by atoms with E-state index in [1.807, 2.05) is 38.2 Å². The molecule has 1 heterocycles. The van der Waals surface area contributed by atoms with Crippen molar-refractivity contribution in [2.75, 3.05) is 5.73 Å². The van der Waals surface area contributed by atoms with Gasteiger partial charge in [0, 0.05) is 18.0 Å². The van der Waals surface area contributed by atoms with Crippen molar-refractivity contribution in [3.8, 4) is 5.75 Å². The van der Waals surface area contributed by atoms with Crippen LogP contribution in [-0.2, 0) is 6.61 Å². The van der Waals surface area contributed by atoms with Crippen LogP contribution < -0.4 is 10.5 Å². The molecule has 2 rings (SSSR count). The van der Waals surface area contributed by atoms with Crippen LogP contribution in [0, 0.1) is 13.8 Å². The van der Waals surface area contributed by atoms with Gasteiger partial charge in [-0.05, 0) is 37.1 Å². The van der Waals surface area contributed by atoms with Crippen molar-refractivity contribution in [1.29, 1.82) is 0 Å². The minimum Gasteiger partial charge on any atom is -0.487 e. The van der Waals surface area contributed by atoms with E-state index in [1.54, 1.807) is 6.20 Å². The number of aryl methyl sites for hydroxylation is 2. The van der Waals surface area contributed by atoms with Gasteiger partial charge >= 0.3 is 0 Å². The molecule has 0 fully saturated rings. The standard InChI is InChI=1S/C14H16N2O/c1-10-6-12(8-16-7-10)9-17-13-5-3-4-11(2)14(13)15/h3-8H,9,15H2,1-2H3. The van der Waals surface area contributed by atoms with Crippen molar-refractivity contribution in [3.63, 3.8) is 0 Å². The third-order valence-electron chi connectivity index (χ3n) is 2.61. The van der Waals surface area contributed by atoms with Gasteiger partial charge in [0.1, 0.15) is 12.4 Å². The van der Waals surface area contributed by atoms with Crippen molar-refractivity contribution in [2.24, 2.45) is 0 Å². The molecule has 0 amide bonds. The van der Waals surface area contributed by atoms with Gasteiger partial charge in [0.2, 0.25) is 0 Å². The summed E-state index contributed by atoms with van der Waals surface area (Å²) in [6.45, 7) is 4.47. The molecule has 1 aromatic carbocycles. The van der Waals surface area contributed by atoms with Gasteiger partial charge in [0.05, 0.1) is 5.69 Å². The number of nitrogens with two attached hydrogens (primary N) is 1. The van der Waals surface area contributed by atoms with Gasteiger partial charge in [-0.15, -0.1) is 0 Å². The van der Waals surface area contributed by atoms with Crippen LogP contribution in [0.2, 0.25) is 0 Å². The number of ether oxygens (including phenoxy) is 1. The van der Waals surface area contributed by atoms with Crippen LogP contribution in [0.1, 0.15) is 16.7 Å². The second-order valence-corrected chi connectivity index (χ2v) is 4.15. The number of anilines is 1. The second kappa shape index (κ2) is 4.87. The van der Waals surface area contributed by atoms with Gasteiger partial charge in [-0.25, -0.2) is 0 Å². The van der Waals surface area contributed by atoms with Crippen LogP contribution in [0.5, 0.6) is 5.75 Å². The summed E-state index contributed by atoms with van der Waals surface area (Å²) in [6.07, 6.45) is 3.63. The Labute approximate surface area is 101 Å². The highest BCUT2D eigenvalue weighted by Gasteiger charge is 2.03. The molecule has 0 radical (unpaired) electrons. The molecule has 3 nitrogen and oxygen atoms in total. The van der Waals surface area contributed by atoms with Crippen LogP contribution in [-0.4, -0.2) is 4.98 Å². The number of para-hydroxylation sites is 1. The van der Waals surface area contributed by atoms with Crippen molar-refractivity contribution in [3.05, 3.63) is 53.3 Å². The molecule has 0 atom stereocenters. The fourth-order valence-electron chi connectivity index (χ4n) is 1.64. The predicted octanol–water partition coefficient (Wildman–Crippen LogP) is 2.86. The van der Waals surface area contributed by atoms with E-state index in [9.17, 15) is 0 Å². The van der Waals surface area contributed by atoms with Gasteiger partial charge in [0.15, 0.2) is 0 Å². The van der Waals surface area contributed by atoms with Crippen molar-refractivity contribution in [2.45, 2.75) is 20.5 Å². The van der Waals surface area contributed by atoms with Gasteiger partial charge < -0.3 is 10.5 Å². The van der Waals surface area contributed by atoms with E-state index in [4.69, 9.17) is 10.5 Å². The first-order valence-corrected chi connectivity index (χ1v) is 5.55. The second-order valence-electron chi connectivity index (χ2n) is 4.15. The molecule has 0 unspecified atom stereocenters. The van der Waals surface area contributed by atoms with E-state index in [-0.39, 0.29) is 0 Å². The Kier molecular flexibility index (Phi) is 3.28. The Bertz CT molecular complexity index is 523. The monoisotopic (exact) mass is 228 g/mol. The van der Waals surface area contributed by atoms with Crippen LogP contribution >= 0.6 is 0 Å². The number of nitrogen functional groups attached to an aromatic ring is 1. The molecule has 0 aliphatic heterocycles. The number of hydrogen-bond acceptors (Lipinski definition) is 3. The molecule has 2 aromatic rings. The third-order valence-corrected chi connectivity index (χ3v) is 2.61. The van der Waals surface area contributed by atoms with E-state index >= 15 is 0 Å². The topological polar surface area (TPSA) is 48.1 Å². The quantitative estimate of drug-likeness (QED) is 0.822. The molecular weight excluding hydrogens is 212 g/mol. The Morgan fingerprint density at radius 1 is 1.24 bits per heavy atom. The van der Waals surface area contributed by atoms with Gasteiger partial charge in [-0.3, -0.25) is 4.98 Å². The summed E-state index contributed by atoms with van der Waals surface area (Å²) in [5.41, 5.74) is 9.85. The molecule has 0 spiro atoms. The molecule has 3 heteroatoms. The molecule has 0 aliphatic rings. The largest absolute Gasteiger partial charge is 0.487 e. The Balaban J connectivity index is 2.10. The molecule has 0 bridgehead atoms. The molecule has 1 aromatic heterocycles. The van der Waals surface area contributed by atoms with Crippen LogP contribution in [0.3, 0.4) is 0 Å². The van der Waals surface area contributed by atoms with Crippen molar-refractivity contribution in [1.82, 2.24) is 4.98 Å². The van der Waals surface area contributed by atoms with E-state index in [2.05, 4.69) is 11.1 Å². The van der Waals surface area contributed by atoms with Gasteiger partial charge in [-0.2, -0.15) is 0 Å². The number of hydrogen-bond donors (Lipinski definition) is 1. The fraction of sp³-hybridized carbons (Fsp3) is 0.214. The average molecular weight is 228 g/mol. The summed E-state index contributed by atoms with van der Waals surface area (Å²) in [6, 6.07) is 7.84. The zero-order chi connectivity index (χ0) is 12.3. The lowest BCUT2D eigenvalue weighted by molar-refractivity contribution is 0.307. The molecule has 2 N–H and O–H groups in total. The summed E-state index contributed by atoms with van der Waals surface area (Å²) in [4.78, 5) is 4.13. The number of nitrogens with zero attached hydrogens (tertiary/aromatic N) is 1. The molecule has 0 saturated heterocycles. The maximum Gasteiger partial charge on any atom is 0.142 e. The maximum absolute atomic E-state index is 5.94. The summed E-state index contributed by atoms with van der Waals surface area (Å²) < 4.78 is 5.69. The normalized spacial score (nSPS) is 10.2. The number of rotatable bonds is 3. The fourth-order valence-corrected chi connectivity index (χ4v) is 1.64. The summed E-state index contributed by atoms with van der Waals surface area (Å²) in [5, 5.41) is 0. The lowest BCUT2D eigenvalue weighted by Crippen LogP contribution is -2.00. The van der Waals surface area contributed by atoms with Crippen molar-refractivity contribution >= 4 is 5.69 Å². The minimum atomic E-state index is 0.488. The number of pyridine rings is 1. The van der Waals surface area contributed by atoms with E-state index in [0.29, 0.717) is 12.3 Å². The molecule has 0 aliphatic carbocycles. The third kappa shape index (κ3) is 2.75. The lowest BCUT2D eigenvalue weighted by Gasteiger charge is -2.10. The minimum absolute atomic E-state index is 0.488. The van der Waals surface area contributed by atoms with E-state index in [0.717, 1.165) is 22.4 Å². The first kappa shape index (κ1) is 11.5. The first-order valence-electron chi connectivity index (χ1n) is 5.55. The Morgan fingerprint density at radius 3 is 2.82 bits per heavy atom. The summed E-state index contributed by atoms with van der Waals surface area (Å²) in [5.74, 6) is 0.728. The van der Waals surface area contributed by atoms with E-state index in [1.165, 1.54) is 0 Å².